The fraction of sp³-hybridized carbons (Fsp3) is 0.417. The van der Waals surface area contributed by atoms with Crippen LogP contribution in [-0.2, 0) is 9.53 Å². The predicted molar refractivity (Wildman–Crippen MR) is 64.5 cm³/mol. The molecule has 2 N–H and O–H groups in total. The van der Waals surface area contributed by atoms with Gasteiger partial charge in [-0.3, -0.25) is 10.1 Å². The lowest BCUT2D eigenvalue weighted by atomic mass is 10.0. The van der Waals surface area contributed by atoms with Crippen molar-refractivity contribution in [1.29, 1.82) is 0 Å². The fourth-order valence-electron chi connectivity index (χ4n) is 2.28. The Morgan fingerprint density at radius 3 is 2.88 bits per heavy atom. The van der Waals surface area contributed by atoms with Crippen molar-refractivity contribution in [3.8, 4) is 0 Å². The molecule has 1 aromatic rings. The van der Waals surface area contributed by atoms with Gasteiger partial charge in [0, 0.05) is 0 Å². The molecular weight excluding hydrogens is 238 g/mol. The van der Waals surface area contributed by atoms with E-state index in [1.54, 1.807) is 11.8 Å². The average molecular weight is 251 g/mol. The van der Waals surface area contributed by atoms with Gasteiger partial charge in [-0.05, 0) is 5.56 Å². The highest BCUT2D eigenvalue weighted by Crippen LogP contribution is 2.48. The van der Waals surface area contributed by atoms with E-state index in [1.165, 1.54) is 0 Å². The summed E-state index contributed by atoms with van der Waals surface area (Å²) in [6.45, 7) is 0.235. The van der Waals surface area contributed by atoms with Crippen LogP contribution in [0.1, 0.15) is 10.9 Å². The minimum Gasteiger partial charge on any atom is -0.463 e. The average Bonchev–Trinajstić information content (AvgIpc) is 2.89. The van der Waals surface area contributed by atoms with Crippen molar-refractivity contribution in [3.05, 3.63) is 35.9 Å². The number of ether oxygens (including phenoxy) is 1. The second kappa shape index (κ2) is 4.01. The van der Waals surface area contributed by atoms with Crippen molar-refractivity contribution in [3.63, 3.8) is 0 Å². The number of cyclic esters (lactones) is 1. The van der Waals surface area contributed by atoms with Crippen molar-refractivity contribution >= 4 is 17.7 Å². The highest BCUT2D eigenvalue weighted by atomic mass is 32.2. The number of aliphatic hydroxyl groups is 1. The molecule has 2 saturated heterocycles. The van der Waals surface area contributed by atoms with Gasteiger partial charge in [0.25, 0.3) is 0 Å². The lowest BCUT2D eigenvalue weighted by molar-refractivity contribution is -0.139. The summed E-state index contributed by atoms with van der Waals surface area (Å²) in [5.41, 5.74) is 1.12. The molecule has 0 aromatic heterocycles. The zero-order valence-corrected chi connectivity index (χ0v) is 9.94. The summed E-state index contributed by atoms with van der Waals surface area (Å²) in [7, 11) is 0. The van der Waals surface area contributed by atoms with Crippen molar-refractivity contribution in [2.24, 2.45) is 0 Å². The summed E-state index contributed by atoms with van der Waals surface area (Å²) in [5, 5.41) is 12.8. The first-order valence-corrected chi connectivity index (χ1v) is 6.39. The second-order valence-corrected chi connectivity index (χ2v) is 5.86. The zero-order chi connectivity index (χ0) is 11.9. The lowest BCUT2D eigenvalue weighted by Crippen LogP contribution is -2.44. The standard InChI is InChI=1S/C12H13NO3S/c14-6-12-7-16-11(15)9(12)13-10(17-12)8-4-2-1-3-5-8/h1-5,9-10,13-14H,6-7H2/t9-,10-,12-/m0/s1. The number of thioether (sulfide) groups is 1. The number of esters is 1. The number of hydrogen-bond donors (Lipinski definition) is 2. The Labute approximate surface area is 103 Å². The number of benzene rings is 1. The molecule has 0 spiro atoms. The first-order valence-electron chi connectivity index (χ1n) is 5.51. The Balaban J connectivity index is 1.88. The number of aliphatic hydroxyl groups excluding tert-OH is 1. The topological polar surface area (TPSA) is 58.6 Å². The van der Waals surface area contributed by atoms with Crippen molar-refractivity contribution in [1.82, 2.24) is 5.32 Å². The van der Waals surface area contributed by atoms with E-state index in [9.17, 15) is 9.90 Å². The van der Waals surface area contributed by atoms with Gasteiger partial charge in [-0.25, -0.2) is 0 Å². The fourth-order valence-corrected chi connectivity index (χ4v) is 3.75. The largest absolute Gasteiger partial charge is 0.463 e. The molecule has 2 fully saturated rings. The quantitative estimate of drug-likeness (QED) is 0.757. The maximum Gasteiger partial charge on any atom is 0.324 e. The smallest absolute Gasteiger partial charge is 0.324 e. The van der Waals surface area contributed by atoms with Crippen LogP contribution in [0.4, 0.5) is 0 Å². The van der Waals surface area contributed by atoms with Gasteiger partial charge in [0.05, 0.1) is 12.0 Å². The molecule has 0 unspecified atom stereocenters. The highest BCUT2D eigenvalue weighted by Gasteiger charge is 2.57. The van der Waals surface area contributed by atoms with Gasteiger partial charge in [-0.1, -0.05) is 30.3 Å². The van der Waals surface area contributed by atoms with Crippen LogP contribution >= 0.6 is 11.8 Å². The summed E-state index contributed by atoms with van der Waals surface area (Å²) in [6, 6.07) is 9.53. The van der Waals surface area contributed by atoms with Gasteiger partial charge in [-0.2, -0.15) is 0 Å². The van der Waals surface area contributed by atoms with E-state index in [2.05, 4.69) is 5.32 Å². The molecule has 17 heavy (non-hydrogen) atoms. The third-order valence-electron chi connectivity index (χ3n) is 3.26. The lowest BCUT2D eigenvalue weighted by Gasteiger charge is -2.20. The molecule has 2 aliphatic rings. The van der Waals surface area contributed by atoms with Crippen LogP contribution in [0.2, 0.25) is 0 Å². The molecule has 4 nitrogen and oxygen atoms in total. The molecule has 3 rings (SSSR count). The summed E-state index contributed by atoms with van der Waals surface area (Å²) in [6.07, 6.45) is 0. The van der Waals surface area contributed by atoms with E-state index < -0.39 is 10.8 Å². The summed E-state index contributed by atoms with van der Waals surface area (Å²) >= 11 is 1.58. The minimum absolute atomic E-state index is 0.0428. The molecule has 1 aromatic carbocycles. The molecule has 0 saturated carbocycles. The maximum absolute atomic E-state index is 11.6. The number of hydrogen-bond acceptors (Lipinski definition) is 5. The summed E-state index contributed by atoms with van der Waals surface area (Å²) in [5.74, 6) is -0.259. The Morgan fingerprint density at radius 2 is 2.24 bits per heavy atom. The van der Waals surface area contributed by atoms with Crippen molar-refractivity contribution < 1.29 is 14.6 Å². The van der Waals surface area contributed by atoms with Crippen LogP contribution in [-0.4, -0.2) is 35.1 Å². The number of nitrogens with one attached hydrogen (secondary N) is 1. The molecule has 3 atom stereocenters. The SMILES string of the molecule is O=C1OC[C@]2(CO)S[C@@H](c3ccccc3)N[C@@H]12. The molecular formula is C12H13NO3S. The van der Waals surface area contributed by atoms with Gasteiger partial charge in [0.1, 0.15) is 17.4 Å². The van der Waals surface area contributed by atoms with E-state index in [4.69, 9.17) is 4.74 Å². The van der Waals surface area contributed by atoms with Gasteiger partial charge < -0.3 is 9.84 Å². The first kappa shape index (κ1) is 11.1. The van der Waals surface area contributed by atoms with E-state index in [0.717, 1.165) is 5.56 Å². The monoisotopic (exact) mass is 251 g/mol. The number of carbonyl (C=O) groups excluding carboxylic acids is 1. The number of fused-ring (bicyclic) bond motifs is 1. The molecule has 2 aliphatic heterocycles. The Kier molecular flexibility index (Phi) is 2.61. The Bertz CT molecular complexity index is 439. The molecule has 0 radical (unpaired) electrons. The molecule has 2 heterocycles. The van der Waals surface area contributed by atoms with Crippen molar-refractivity contribution in [2.75, 3.05) is 13.2 Å². The van der Waals surface area contributed by atoms with Crippen molar-refractivity contribution in [2.45, 2.75) is 16.2 Å². The van der Waals surface area contributed by atoms with Gasteiger partial charge in [-0.15, -0.1) is 11.8 Å². The zero-order valence-electron chi connectivity index (χ0n) is 9.13. The third kappa shape index (κ3) is 1.66. The van der Waals surface area contributed by atoms with E-state index >= 15 is 0 Å². The summed E-state index contributed by atoms with van der Waals surface area (Å²) < 4.78 is 4.50. The Morgan fingerprint density at radius 1 is 1.47 bits per heavy atom. The van der Waals surface area contributed by atoms with Gasteiger partial charge >= 0.3 is 5.97 Å². The Hall–Kier alpha value is -1.04. The van der Waals surface area contributed by atoms with Gasteiger partial charge in [0.2, 0.25) is 0 Å². The van der Waals surface area contributed by atoms with E-state index in [-0.39, 0.29) is 24.6 Å². The molecule has 0 amide bonds. The van der Waals surface area contributed by atoms with Crippen LogP contribution in [0, 0.1) is 0 Å². The number of carbonyl (C=O) groups is 1. The van der Waals surface area contributed by atoms with E-state index in [0.29, 0.717) is 0 Å². The molecule has 90 valence electrons. The van der Waals surface area contributed by atoms with Crippen LogP contribution < -0.4 is 5.32 Å². The second-order valence-electron chi connectivity index (χ2n) is 4.34. The van der Waals surface area contributed by atoms with Crippen LogP contribution in [0.15, 0.2) is 30.3 Å². The van der Waals surface area contributed by atoms with Crippen LogP contribution in [0.3, 0.4) is 0 Å². The van der Waals surface area contributed by atoms with Crippen LogP contribution in [0.5, 0.6) is 0 Å². The predicted octanol–water partition coefficient (Wildman–Crippen LogP) is 0.678. The highest BCUT2D eigenvalue weighted by molar-refractivity contribution is 8.01. The number of rotatable bonds is 2. The minimum atomic E-state index is -0.516. The molecule has 0 bridgehead atoms. The maximum atomic E-state index is 11.6. The van der Waals surface area contributed by atoms with Gasteiger partial charge in [0.15, 0.2) is 0 Å². The van der Waals surface area contributed by atoms with Crippen LogP contribution in [0.25, 0.3) is 0 Å². The molecule has 5 heteroatoms. The van der Waals surface area contributed by atoms with E-state index in [1.807, 2.05) is 30.3 Å². The molecule has 0 aliphatic carbocycles. The summed E-state index contributed by atoms with van der Waals surface area (Å²) in [4.78, 5) is 11.6. The normalized spacial score (nSPS) is 35.7. The third-order valence-corrected chi connectivity index (χ3v) is 4.86. The first-order chi connectivity index (χ1) is 8.25.